The summed E-state index contributed by atoms with van der Waals surface area (Å²) in [7, 11) is 1.53. The van der Waals surface area contributed by atoms with E-state index in [2.05, 4.69) is 20.3 Å². The van der Waals surface area contributed by atoms with Crippen LogP contribution in [0.25, 0.3) is 10.9 Å². The van der Waals surface area contributed by atoms with Gasteiger partial charge in [0.05, 0.1) is 33.3 Å². The Morgan fingerprint density at radius 3 is 2.82 bits per heavy atom. The molecular weight excluding hydrogens is 506 g/mol. The minimum absolute atomic E-state index is 0.0199. The zero-order valence-corrected chi connectivity index (χ0v) is 21.7. The first-order valence-electron chi connectivity index (χ1n) is 12.4. The number of ether oxygens (including phenoxy) is 3. The highest BCUT2D eigenvalue weighted by molar-refractivity contribution is 6.32. The van der Waals surface area contributed by atoms with Crippen molar-refractivity contribution in [2.75, 3.05) is 32.2 Å². The molecule has 0 radical (unpaired) electrons. The monoisotopic (exact) mass is 533 g/mol. The molecule has 4 aromatic rings. The van der Waals surface area contributed by atoms with Crippen LogP contribution in [-0.2, 0) is 16.1 Å². The van der Waals surface area contributed by atoms with Crippen molar-refractivity contribution in [3.05, 3.63) is 77.8 Å². The second-order valence-corrected chi connectivity index (χ2v) is 9.26. The largest absolute Gasteiger partial charge is 0.491 e. The van der Waals surface area contributed by atoms with E-state index in [1.54, 1.807) is 12.3 Å². The van der Waals surface area contributed by atoms with E-state index in [9.17, 15) is 4.79 Å². The number of nitrogens with one attached hydrogen (secondary N) is 1. The van der Waals surface area contributed by atoms with Crippen LogP contribution in [0.2, 0.25) is 5.02 Å². The molecule has 2 aromatic carbocycles. The standard InChI is InChI=1S/C28H28ClN5O4/c1-36-17-25(35)34-14-6-8-20(34)16-37-24-12-5-10-22-26(24)28(32-18-31-22)33-23-11-4-9-21(29)27(23)38-15-19-7-2-3-13-30-19/h2-5,7,9-13,18,20H,6,8,14-17H2,1H3,(H,31,32,33)/t20-/m1/s1. The molecule has 1 aliphatic rings. The lowest BCUT2D eigenvalue weighted by Gasteiger charge is -2.25. The molecule has 1 atom stereocenters. The van der Waals surface area contributed by atoms with Crippen LogP contribution >= 0.6 is 11.6 Å². The van der Waals surface area contributed by atoms with Crippen molar-refractivity contribution in [3.8, 4) is 11.5 Å². The van der Waals surface area contributed by atoms with Crippen LogP contribution in [0.15, 0.2) is 67.1 Å². The Bertz CT molecular complexity index is 1400. The molecule has 9 nitrogen and oxygen atoms in total. The summed E-state index contributed by atoms with van der Waals surface area (Å²) in [4.78, 5) is 27.5. The first-order valence-corrected chi connectivity index (χ1v) is 12.7. The summed E-state index contributed by atoms with van der Waals surface area (Å²) in [6, 6.07) is 16.8. The summed E-state index contributed by atoms with van der Waals surface area (Å²) < 4.78 is 17.4. The van der Waals surface area contributed by atoms with E-state index in [-0.39, 0.29) is 25.2 Å². The predicted molar refractivity (Wildman–Crippen MR) is 145 cm³/mol. The predicted octanol–water partition coefficient (Wildman–Crippen LogP) is 5.02. The van der Waals surface area contributed by atoms with Gasteiger partial charge in [0, 0.05) is 19.9 Å². The van der Waals surface area contributed by atoms with Crippen molar-refractivity contribution in [3.63, 3.8) is 0 Å². The summed E-state index contributed by atoms with van der Waals surface area (Å²) in [6.07, 6.45) is 5.03. The number of nitrogens with zero attached hydrogens (tertiary/aromatic N) is 4. The molecule has 0 bridgehead atoms. The average Bonchev–Trinajstić information content (AvgIpc) is 3.41. The lowest BCUT2D eigenvalue weighted by Crippen LogP contribution is -2.40. The Balaban J connectivity index is 1.39. The fourth-order valence-electron chi connectivity index (χ4n) is 4.53. The van der Waals surface area contributed by atoms with Gasteiger partial charge in [-0.05, 0) is 49.2 Å². The molecule has 0 spiro atoms. The number of amides is 1. The Morgan fingerprint density at radius 1 is 1.08 bits per heavy atom. The topological polar surface area (TPSA) is 98.7 Å². The normalized spacial score (nSPS) is 15.0. The summed E-state index contributed by atoms with van der Waals surface area (Å²) in [5.74, 6) is 1.63. The van der Waals surface area contributed by atoms with E-state index in [0.29, 0.717) is 41.2 Å². The minimum Gasteiger partial charge on any atom is -0.491 e. The molecule has 196 valence electrons. The fraction of sp³-hybridized carbons (Fsp3) is 0.286. The highest BCUT2D eigenvalue weighted by Gasteiger charge is 2.29. The molecule has 0 saturated carbocycles. The smallest absolute Gasteiger partial charge is 0.248 e. The molecule has 3 heterocycles. The SMILES string of the molecule is COCC(=O)N1CCC[C@@H]1COc1cccc2ncnc(Nc3cccc(Cl)c3OCc3ccccn3)c12. The van der Waals surface area contributed by atoms with Gasteiger partial charge >= 0.3 is 0 Å². The maximum absolute atomic E-state index is 12.4. The number of carbonyl (C=O) groups is 1. The number of halogens is 1. The number of rotatable bonds is 10. The quantitative estimate of drug-likeness (QED) is 0.303. The van der Waals surface area contributed by atoms with Crippen molar-refractivity contribution in [1.29, 1.82) is 0 Å². The molecule has 1 fully saturated rings. The van der Waals surface area contributed by atoms with Gasteiger partial charge in [-0.1, -0.05) is 29.8 Å². The number of anilines is 2. The molecular formula is C28H28ClN5O4. The van der Waals surface area contributed by atoms with Gasteiger partial charge < -0.3 is 24.4 Å². The molecule has 0 aliphatic carbocycles. The molecule has 5 rings (SSSR count). The number of carbonyl (C=O) groups excluding carboxylic acids is 1. The van der Waals surface area contributed by atoms with Gasteiger partial charge in [0.1, 0.15) is 37.7 Å². The number of hydrogen-bond acceptors (Lipinski definition) is 8. The van der Waals surface area contributed by atoms with Crippen LogP contribution in [-0.4, -0.2) is 58.7 Å². The molecule has 38 heavy (non-hydrogen) atoms. The highest BCUT2D eigenvalue weighted by Crippen LogP contribution is 2.38. The molecule has 1 saturated heterocycles. The van der Waals surface area contributed by atoms with Crippen LogP contribution in [0.1, 0.15) is 18.5 Å². The molecule has 1 N–H and O–H groups in total. The van der Waals surface area contributed by atoms with Crippen molar-refractivity contribution in [2.45, 2.75) is 25.5 Å². The van der Waals surface area contributed by atoms with Crippen molar-refractivity contribution >= 4 is 39.9 Å². The maximum Gasteiger partial charge on any atom is 0.248 e. The summed E-state index contributed by atoms with van der Waals surface area (Å²) in [5, 5.41) is 4.54. The molecule has 0 unspecified atom stereocenters. The van der Waals surface area contributed by atoms with Crippen LogP contribution < -0.4 is 14.8 Å². The number of hydrogen-bond donors (Lipinski definition) is 1. The number of methoxy groups -OCH3 is 1. The Morgan fingerprint density at radius 2 is 1.97 bits per heavy atom. The number of pyridine rings is 1. The fourth-order valence-corrected chi connectivity index (χ4v) is 4.76. The van der Waals surface area contributed by atoms with E-state index in [1.807, 2.05) is 53.4 Å². The van der Waals surface area contributed by atoms with E-state index in [4.69, 9.17) is 25.8 Å². The van der Waals surface area contributed by atoms with E-state index in [0.717, 1.165) is 29.4 Å². The lowest BCUT2D eigenvalue weighted by atomic mass is 10.2. The molecule has 1 amide bonds. The third kappa shape index (κ3) is 5.79. The number of likely N-dealkylation sites (tertiary alicyclic amines) is 1. The Hall–Kier alpha value is -3.95. The molecule has 2 aromatic heterocycles. The van der Waals surface area contributed by atoms with E-state index >= 15 is 0 Å². The van der Waals surface area contributed by atoms with Gasteiger partial charge in [0.15, 0.2) is 5.75 Å². The number of para-hydroxylation sites is 1. The maximum atomic E-state index is 12.4. The van der Waals surface area contributed by atoms with Crippen LogP contribution in [0, 0.1) is 0 Å². The third-order valence-electron chi connectivity index (χ3n) is 6.33. The van der Waals surface area contributed by atoms with Crippen molar-refractivity contribution in [1.82, 2.24) is 19.9 Å². The zero-order chi connectivity index (χ0) is 26.3. The number of benzene rings is 2. The Kier molecular flexibility index (Phi) is 8.15. The summed E-state index contributed by atoms with van der Waals surface area (Å²) >= 11 is 6.51. The third-order valence-corrected chi connectivity index (χ3v) is 6.63. The first kappa shape index (κ1) is 25.7. The Labute approximate surface area is 225 Å². The number of aromatic nitrogens is 3. The highest BCUT2D eigenvalue weighted by atomic mass is 35.5. The average molecular weight is 534 g/mol. The van der Waals surface area contributed by atoms with Crippen molar-refractivity contribution in [2.24, 2.45) is 0 Å². The van der Waals surface area contributed by atoms with Crippen molar-refractivity contribution < 1.29 is 19.0 Å². The zero-order valence-electron chi connectivity index (χ0n) is 21.0. The first-order chi connectivity index (χ1) is 18.6. The van der Waals surface area contributed by atoms with Gasteiger partial charge in [0.25, 0.3) is 0 Å². The van der Waals surface area contributed by atoms with E-state index < -0.39 is 0 Å². The number of fused-ring (bicyclic) bond motifs is 1. The van der Waals surface area contributed by atoms with Gasteiger partial charge in [0.2, 0.25) is 5.91 Å². The van der Waals surface area contributed by atoms with Gasteiger partial charge in [-0.3, -0.25) is 9.78 Å². The van der Waals surface area contributed by atoms with Crippen LogP contribution in [0.3, 0.4) is 0 Å². The van der Waals surface area contributed by atoms with Crippen LogP contribution in [0.5, 0.6) is 11.5 Å². The van der Waals surface area contributed by atoms with Gasteiger partial charge in [-0.25, -0.2) is 9.97 Å². The summed E-state index contributed by atoms with van der Waals surface area (Å²) in [6.45, 7) is 1.39. The summed E-state index contributed by atoms with van der Waals surface area (Å²) in [5.41, 5.74) is 2.15. The minimum atomic E-state index is -0.0265. The van der Waals surface area contributed by atoms with Gasteiger partial charge in [-0.15, -0.1) is 0 Å². The molecule has 1 aliphatic heterocycles. The second kappa shape index (κ2) is 12.1. The van der Waals surface area contributed by atoms with Crippen LogP contribution in [0.4, 0.5) is 11.5 Å². The molecule has 10 heteroatoms. The lowest BCUT2D eigenvalue weighted by molar-refractivity contribution is -0.136. The van der Waals surface area contributed by atoms with Gasteiger partial charge in [-0.2, -0.15) is 0 Å². The second-order valence-electron chi connectivity index (χ2n) is 8.85. The van der Waals surface area contributed by atoms with E-state index in [1.165, 1.54) is 13.4 Å².